The van der Waals surface area contributed by atoms with Crippen molar-refractivity contribution in [2.75, 3.05) is 15.8 Å². The minimum absolute atomic E-state index is 0.0809. The molecule has 1 heterocycles. The van der Waals surface area contributed by atoms with Gasteiger partial charge < -0.3 is 5.32 Å². The van der Waals surface area contributed by atoms with Gasteiger partial charge in [-0.15, -0.1) is 0 Å². The lowest BCUT2D eigenvalue weighted by molar-refractivity contribution is 0.600. The number of hydrogen-bond acceptors (Lipinski definition) is 4. The average Bonchev–Trinajstić information content (AvgIpc) is 2.48. The maximum atomic E-state index is 12.8. The fraction of sp³-hybridized carbons (Fsp3) is 0.267. The van der Waals surface area contributed by atoms with Gasteiger partial charge in [0.05, 0.1) is 17.6 Å². The van der Waals surface area contributed by atoms with Gasteiger partial charge in [-0.3, -0.25) is 4.72 Å². The summed E-state index contributed by atoms with van der Waals surface area (Å²) < 4.78 is 38.5. The van der Waals surface area contributed by atoms with Crippen LogP contribution < -0.4 is 10.0 Å². The van der Waals surface area contributed by atoms with Crippen molar-refractivity contribution in [3.63, 3.8) is 0 Å². The maximum Gasteiger partial charge on any atom is 0.232 e. The van der Waals surface area contributed by atoms with Gasteiger partial charge in [0.15, 0.2) is 0 Å². The van der Waals surface area contributed by atoms with E-state index in [1.54, 1.807) is 31.2 Å². The Bertz CT molecular complexity index is 701. The van der Waals surface area contributed by atoms with E-state index >= 15 is 0 Å². The van der Waals surface area contributed by atoms with E-state index < -0.39 is 10.0 Å². The lowest BCUT2D eigenvalue weighted by Gasteiger charge is -2.09. The molecule has 0 fully saturated rings. The van der Waals surface area contributed by atoms with Crippen molar-refractivity contribution >= 4 is 21.5 Å². The minimum Gasteiger partial charge on any atom is -0.366 e. The van der Waals surface area contributed by atoms with Crippen molar-refractivity contribution in [2.24, 2.45) is 0 Å². The molecule has 0 radical (unpaired) electrons. The van der Waals surface area contributed by atoms with Gasteiger partial charge in [0.25, 0.3) is 0 Å². The molecule has 0 aliphatic carbocycles. The predicted octanol–water partition coefficient (Wildman–Crippen LogP) is 2.98. The van der Waals surface area contributed by atoms with Crippen molar-refractivity contribution in [1.29, 1.82) is 0 Å². The molecular weight excluding hydrogens is 305 g/mol. The van der Waals surface area contributed by atoms with Gasteiger partial charge in [-0.05, 0) is 36.2 Å². The molecule has 0 spiro atoms. The lowest BCUT2D eigenvalue weighted by atomic mass is 10.2. The average molecular weight is 323 g/mol. The van der Waals surface area contributed by atoms with Crippen molar-refractivity contribution in [3.8, 4) is 0 Å². The first kappa shape index (κ1) is 16.2. The number of nitrogens with one attached hydrogen (secondary N) is 2. The van der Waals surface area contributed by atoms with Gasteiger partial charge in [0.2, 0.25) is 10.0 Å². The molecule has 0 amide bonds. The summed E-state index contributed by atoms with van der Waals surface area (Å²) >= 11 is 0. The summed E-state index contributed by atoms with van der Waals surface area (Å²) in [5, 5.41) is 3.08. The molecule has 22 heavy (non-hydrogen) atoms. The van der Waals surface area contributed by atoms with Gasteiger partial charge in [-0.1, -0.05) is 19.1 Å². The Kier molecular flexibility index (Phi) is 5.32. The minimum atomic E-state index is -3.30. The molecule has 0 unspecified atom stereocenters. The first-order chi connectivity index (χ1) is 10.5. The van der Waals surface area contributed by atoms with Crippen molar-refractivity contribution in [3.05, 3.63) is 54.0 Å². The Morgan fingerprint density at radius 1 is 1.14 bits per heavy atom. The Hall–Kier alpha value is -2.15. The highest BCUT2D eigenvalue weighted by molar-refractivity contribution is 7.92. The number of rotatable bonds is 7. The summed E-state index contributed by atoms with van der Waals surface area (Å²) in [6.45, 7) is 2.31. The molecule has 2 rings (SSSR count). The molecule has 0 aliphatic heterocycles. The summed E-state index contributed by atoms with van der Waals surface area (Å²) in [5.74, 6) is 0.422. The third kappa shape index (κ3) is 5.00. The zero-order valence-electron chi connectivity index (χ0n) is 12.2. The molecule has 5 nitrogen and oxygen atoms in total. The topological polar surface area (TPSA) is 71.1 Å². The molecule has 1 aromatic heterocycles. The van der Waals surface area contributed by atoms with Crippen molar-refractivity contribution in [2.45, 2.75) is 19.9 Å². The highest BCUT2D eigenvalue weighted by Gasteiger charge is 2.08. The van der Waals surface area contributed by atoms with Gasteiger partial charge in [0.1, 0.15) is 11.6 Å². The van der Waals surface area contributed by atoms with Crippen LogP contribution in [0.5, 0.6) is 0 Å². The fourth-order valence-electron chi connectivity index (χ4n) is 1.85. The molecule has 7 heteroatoms. The highest BCUT2D eigenvalue weighted by atomic mass is 32.2. The number of halogens is 1. The van der Waals surface area contributed by atoms with Crippen LogP contribution in [0, 0.1) is 5.82 Å². The smallest absolute Gasteiger partial charge is 0.232 e. The normalized spacial score (nSPS) is 11.2. The number of pyridine rings is 1. The summed E-state index contributed by atoms with van der Waals surface area (Å²) in [4.78, 5) is 4.14. The van der Waals surface area contributed by atoms with Crippen LogP contribution in [0.15, 0.2) is 42.6 Å². The van der Waals surface area contributed by atoms with Crippen LogP contribution in [0.1, 0.15) is 18.9 Å². The van der Waals surface area contributed by atoms with Gasteiger partial charge >= 0.3 is 0 Å². The molecule has 0 atom stereocenters. The Morgan fingerprint density at radius 3 is 2.45 bits per heavy atom. The van der Waals surface area contributed by atoms with Crippen LogP contribution in [0.2, 0.25) is 0 Å². The van der Waals surface area contributed by atoms with E-state index in [2.05, 4.69) is 15.0 Å². The first-order valence-electron chi connectivity index (χ1n) is 6.93. The van der Waals surface area contributed by atoms with Gasteiger partial charge in [0, 0.05) is 6.54 Å². The maximum absolute atomic E-state index is 12.8. The number of nitrogens with zero attached hydrogens (tertiary/aromatic N) is 1. The monoisotopic (exact) mass is 323 g/mol. The molecule has 0 bridgehead atoms. The Morgan fingerprint density at radius 2 is 1.86 bits per heavy atom. The summed E-state index contributed by atoms with van der Waals surface area (Å²) in [7, 11) is -3.30. The molecule has 0 saturated carbocycles. The second-order valence-corrected chi connectivity index (χ2v) is 6.67. The van der Waals surface area contributed by atoms with E-state index in [-0.39, 0.29) is 11.6 Å². The van der Waals surface area contributed by atoms with Crippen molar-refractivity contribution in [1.82, 2.24) is 4.98 Å². The quantitative estimate of drug-likeness (QED) is 0.822. The predicted molar refractivity (Wildman–Crippen MR) is 85.7 cm³/mol. The largest absolute Gasteiger partial charge is 0.366 e. The second-order valence-electron chi connectivity index (χ2n) is 4.83. The van der Waals surface area contributed by atoms with E-state index in [4.69, 9.17) is 0 Å². The van der Waals surface area contributed by atoms with E-state index in [0.29, 0.717) is 24.5 Å². The SMILES string of the molecule is CCCS(=O)(=O)Nc1ccc(NCc2ccc(F)cc2)nc1. The van der Waals surface area contributed by atoms with E-state index in [9.17, 15) is 12.8 Å². The van der Waals surface area contributed by atoms with Gasteiger partial charge in [-0.25, -0.2) is 17.8 Å². The third-order valence-corrected chi connectivity index (χ3v) is 4.39. The van der Waals surface area contributed by atoms with Crippen LogP contribution in [-0.2, 0) is 16.6 Å². The Labute approximate surface area is 129 Å². The summed E-state index contributed by atoms with van der Waals surface area (Å²) in [6, 6.07) is 9.51. The molecule has 118 valence electrons. The van der Waals surface area contributed by atoms with Crippen molar-refractivity contribution < 1.29 is 12.8 Å². The summed E-state index contributed by atoms with van der Waals surface area (Å²) in [6.07, 6.45) is 2.01. The third-order valence-electron chi connectivity index (χ3n) is 2.90. The molecular formula is C15H18FN3O2S. The van der Waals surface area contributed by atoms with Crippen LogP contribution >= 0.6 is 0 Å². The molecule has 1 aromatic carbocycles. The standard InChI is InChI=1S/C15H18FN3O2S/c1-2-9-22(20,21)19-14-7-8-15(18-11-14)17-10-12-3-5-13(16)6-4-12/h3-8,11,19H,2,9-10H2,1H3,(H,17,18). The molecule has 2 aromatic rings. The fourth-order valence-corrected chi connectivity index (χ4v) is 2.97. The summed E-state index contributed by atoms with van der Waals surface area (Å²) in [5.41, 5.74) is 1.36. The number of aromatic nitrogens is 1. The molecule has 2 N–H and O–H groups in total. The second kappa shape index (κ2) is 7.22. The van der Waals surface area contributed by atoms with Gasteiger partial charge in [-0.2, -0.15) is 0 Å². The van der Waals surface area contributed by atoms with E-state index in [0.717, 1.165) is 5.56 Å². The van der Waals surface area contributed by atoms with E-state index in [1.165, 1.54) is 18.3 Å². The number of sulfonamides is 1. The van der Waals surface area contributed by atoms with Crippen LogP contribution in [0.25, 0.3) is 0 Å². The zero-order chi connectivity index (χ0) is 16.0. The number of benzene rings is 1. The number of anilines is 2. The van der Waals surface area contributed by atoms with Crippen LogP contribution in [0.4, 0.5) is 15.9 Å². The lowest BCUT2D eigenvalue weighted by Crippen LogP contribution is -2.16. The molecule has 0 saturated heterocycles. The highest BCUT2D eigenvalue weighted by Crippen LogP contribution is 2.13. The first-order valence-corrected chi connectivity index (χ1v) is 8.58. The number of hydrogen-bond donors (Lipinski definition) is 2. The van der Waals surface area contributed by atoms with Crippen LogP contribution in [0.3, 0.4) is 0 Å². The zero-order valence-corrected chi connectivity index (χ0v) is 13.0. The van der Waals surface area contributed by atoms with Crippen LogP contribution in [-0.4, -0.2) is 19.2 Å². The molecule has 0 aliphatic rings. The van der Waals surface area contributed by atoms with E-state index in [1.807, 2.05) is 0 Å². The Balaban J connectivity index is 1.93.